The second kappa shape index (κ2) is 8.77. The van der Waals surface area contributed by atoms with Crippen molar-refractivity contribution in [1.82, 2.24) is 0 Å². The third-order valence-electron chi connectivity index (χ3n) is 11.2. The zero-order valence-electron chi connectivity index (χ0n) is 22.1. The quantitative estimate of drug-likeness (QED) is 0.305. The van der Waals surface area contributed by atoms with Gasteiger partial charge >= 0.3 is 5.97 Å². The molecule has 4 aliphatic rings. The maximum atomic E-state index is 11.5. The van der Waals surface area contributed by atoms with E-state index in [0.717, 1.165) is 42.4 Å². The Morgan fingerprint density at radius 1 is 1.00 bits per heavy atom. The van der Waals surface area contributed by atoms with E-state index in [1.807, 2.05) is 0 Å². The molecule has 0 saturated heterocycles. The highest BCUT2D eigenvalue weighted by Crippen LogP contribution is 2.72. The van der Waals surface area contributed by atoms with Crippen LogP contribution < -0.4 is 0 Å². The molecule has 0 aromatic rings. The second-order valence-corrected chi connectivity index (χ2v) is 13.5. The van der Waals surface area contributed by atoms with Gasteiger partial charge in [0.05, 0.1) is 0 Å². The molecule has 0 bridgehead atoms. The summed E-state index contributed by atoms with van der Waals surface area (Å²) in [6.07, 6.45) is 17.1. The minimum Gasteiger partial charge on any atom is -0.462 e. The monoisotopic (exact) mass is 442 g/mol. The summed E-state index contributed by atoms with van der Waals surface area (Å²) in [5.41, 5.74) is 2.88. The Morgan fingerprint density at radius 2 is 1.75 bits per heavy atom. The van der Waals surface area contributed by atoms with Crippen LogP contribution in [0.2, 0.25) is 0 Å². The fourth-order valence-electron chi connectivity index (χ4n) is 9.64. The first kappa shape index (κ1) is 24.3. The van der Waals surface area contributed by atoms with Gasteiger partial charge in [0.15, 0.2) is 0 Å². The number of hydrogen-bond acceptors (Lipinski definition) is 2. The highest BCUT2D eigenvalue weighted by atomic mass is 16.5. The van der Waals surface area contributed by atoms with Crippen LogP contribution in [0.3, 0.4) is 0 Å². The molecule has 0 N–H and O–H groups in total. The number of carbonyl (C=O) groups excluding carboxylic acids is 1. The summed E-state index contributed by atoms with van der Waals surface area (Å²) in [7, 11) is 0. The molecule has 3 saturated carbocycles. The van der Waals surface area contributed by atoms with E-state index in [9.17, 15) is 4.79 Å². The summed E-state index contributed by atoms with van der Waals surface area (Å²) < 4.78 is 5.64. The van der Waals surface area contributed by atoms with Gasteiger partial charge < -0.3 is 4.74 Å². The van der Waals surface area contributed by atoms with Crippen LogP contribution in [0.4, 0.5) is 0 Å². The Hall–Kier alpha value is -0.790. The summed E-state index contributed by atoms with van der Waals surface area (Å²) in [6.45, 7) is 16.8. The van der Waals surface area contributed by atoms with Crippen molar-refractivity contribution in [3.8, 4) is 0 Å². The Labute approximate surface area is 198 Å². The summed E-state index contributed by atoms with van der Waals surface area (Å²) in [6, 6.07) is 0. The molecule has 0 aromatic carbocycles. The lowest BCUT2D eigenvalue weighted by Crippen LogP contribution is -2.56. The molecular weight excluding hydrogens is 392 g/mol. The molecule has 0 aromatic heterocycles. The highest BCUT2D eigenvalue weighted by molar-refractivity contribution is 5.66. The van der Waals surface area contributed by atoms with Gasteiger partial charge in [0.1, 0.15) is 6.10 Å². The Balaban J connectivity index is 1.52. The molecule has 0 heterocycles. The molecule has 4 aliphatic carbocycles. The Bertz CT molecular complexity index is 737. The third-order valence-corrected chi connectivity index (χ3v) is 11.2. The smallest absolute Gasteiger partial charge is 0.302 e. The zero-order chi connectivity index (χ0) is 23.3. The van der Waals surface area contributed by atoms with E-state index in [1.54, 1.807) is 12.5 Å². The average Bonchev–Trinajstić information content (AvgIpc) is 3.06. The van der Waals surface area contributed by atoms with Crippen LogP contribution in [-0.4, -0.2) is 12.1 Å². The van der Waals surface area contributed by atoms with Crippen LogP contribution in [0.25, 0.3) is 0 Å². The largest absolute Gasteiger partial charge is 0.462 e. The summed E-state index contributed by atoms with van der Waals surface area (Å²) >= 11 is 0. The molecule has 182 valence electrons. The van der Waals surface area contributed by atoms with Crippen LogP contribution in [-0.2, 0) is 9.53 Å². The molecule has 3 fully saturated rings. The normalized spacial score (nSPS) is 44.3. The second-order valence-electron chi connectivity index (χ2n) is 13.5. The van der Waals surface area contributed by atoms with Crippen molar-refractivity contribution in [2.24, 2.45) is 45.8 Å². The van der Waals surface area contributed by atoms with Gasteiger partial charge in [-0.1, -0.05) is 72.5 Å². The van der Waals surface area contributed by atoms with Gasteiger partial charge in [-0.15, -0.1) is 0 Å². The van der Waals surface area contributed by atoms with Crippen LogP contribution >= 0.6 is 0 Å². The summed E-state index contributed by atoms with van der Waals surface area (Å²) in [5, 5.41) is 0. The van der Waals surface area contributed by atoms with Crippen molar-refractivity contribution in [3.05, 3.63) is 11.6 Å². The first-order valence-corrected chi connectivity index (χ1v) is 13.9. The van der Waals surface area contributed by atoms with E-state index in [2.05, 4.69) is 47.6 Å². The topological polar surface area (TPSA) is 26.3 Å². The van der Waals surface area contributed by atoms with Crippen molar-refractivity contribution < 1.29 is 9.53 Å². The molecule has 2 heteroatoms. The van der Waals surface area contributed by atoms with Crippen molar-refractivity contribution in [3.63, 3.8) is 0 Å². The van der Waals surface area contributed by atoms with Gasteiger partial charge in [-0.2, -0.15) is 0 Å². The fraction of sp³-hybridized carbons (Fsp3) is 0.900. The van der Waals surface area contributed by atoms with Crippen molar-refractivity contribution in [2.45, 2.75) is 125 Å². The van der Waals surface area contributed by atoms with Crippen molar-refractivity contribution in [2.75, 3.05) is 0 Å². The minimum absolute atomic E-state index is 0.104. The predicted octanol–water partition coefficient (Wildman–Crippen LogP) is 8.35. The number of ether oxygens (including phenoxy) is 1. The van der Waals surface area contributed by atoms with Gasteiger partial charge in [0.25, 0.3) is 0 Å². The van der Waals surface area contributed by atoms with Gasteiger partial charge in [0, 0.05) is 13.3 Å². The van der Waals surface area contributed by atoms with E-state index in [4.69, 9.17) is 4.74 Å². The van der Waals surface area contributed by atoms with Crippen LogP contribution in [0.1, 0.15) is 119 Å². The maximum absolute atomic E-state index is 11.5. The molecule has 7 unspecified atom stereocenters. The highest BCUT2D eigenvalue weighted by Gasteiger charge is 2.64. The fourth-order valence-corrected chi connectivity index (χ4v) is 9.64. The van der Waals surface area contributed by atoms with Crippen molar-refractivity contribution >= 4 is 5.97 Å². The Morgan fingerprint density at radius 3 is 2.44 bits per heavy atom. The molecular formula is C30H50O2. The van der Waals surface area contributed by atoms with E-state index in [0.29, 0.717) is 16.2 Å². The van der Waals surface area contributed by atoms with Crippen molar-refractivity contribution in [1.29, 1.82) is 0 Å². The molecule has 4 rings (SSSR count). The number of allylic oxidation sites excluding steroid dienone is 1. The first-order chi connectivity index (χ1) is 15.0. The molecule has 0 aliphatic heterocycles. The van der Waals surface area contributed by atoms with E-state index in [1.165, 1.54) is 57.8 Å². The SMILES string of the molecule is CC(=O)OC1CCC2(C)C(=CC[C@@]3(C)C2CCC2(C)C(C(C)CCCC(C)C)CCC23)C1. The summed E-state index contributed by atoms with van der Waals surface area (Å²) in [4.78, 5) is 11.5. The zero-order valence-corrected chi connectivity index (χ0v) is 22.1. The molecule has 0 radical (unpaired) electrons. The third kappa shape index (κ3) is 4.00. The van der Waals surface area contributed by atoms with Gasteiger partial charge in [0.2, 0.25) is 0 Å². The van der Waals surface area contributed by atoms with Crippen LogP contribution in [0.5, 0.6) is 0 Å². The number of hydrogen-bond donors (Lipinski definition) is 0. The van der Waals surface area contributed by atoms with E-state index >= 15 is 0 Å². The molecule has 2 nitrogen and oxygen atoms in total. The first-order valence-electron chi connectivity index (χ1n) is 13.9. The van der Waals surface area contributed by atoms with Gasteiger partial charge in [-0.3, -0.25) is 4.79 Å². The van der Waals surface area contributed by atoms with Gasteiger partial charge in [-0.25, -0.2) is 0 Å². The Kier molecular flexibility index (Phi) is 6.67. The molecule has 32 heavy (non-hydrogen) atoms. The summed E-state index contributed by atoms with van der Waals surface area (Å²) in [5.74, 6) is 4.16. The average molecular weight is 443 g/mol. The molecule has 0 amide bonds. The minimum atomic E-state index is -0.118. The predicted molar refractivity (Wildman–Crippen MR) is 133 cm³/mol. The van der Waals surface area contributed by atoms with Crippen LogP contribution in [0, 0.1) is 45.8 Å². The van der Waals surface area contributed by atoms with Crippen LogP contribution in [0.15, 0.2) is 11.6 Å². The van der Waals surface area contributed by atoms with Gasteiger partial charge in [-0.05, 0) is 90.8 Å². The molecule has 0 spiro atoms. The van der Waals surface area contributed by atoms with E-state index in [-0.39, 0.29) is 12.1 Å². The lowest BCUT2D eigenvalue weighted by Gasteiger charge is -2.63. The van der Waals surface area contributed by atoms with E-state index < -0.39 is 0 Å². The number of carbonyl (C=O) groups is 1. The lowest BCUT2D eigenvalue weighted by atomic mass is 9.41. The standard InChI is InChI=1S/C30H50O2/c1-20(2)9-8-10-21(3)25-11-12-26-29(25,6)18-15-27-28(5)17-14-24(32-22(4)31)19-23(28)13-16-30(26,27)7/h13,20-21,24-27H,8-12,14-19H2,1-7H3/t21?,24?,25?,26?,27?,28?,29?,30-/m1/s1. The lowest BCUT2D eigenvalue weighted by molar-refractivity contribution is -0.150. The number of rotatable bonds is 6. The number of fused-ring (bicyclic) bond motifs is 5. The molecule has 8 atom stereocenters. The maximum Gasteiger partial charge on any atom is 0.302 e. The number of esters is 1.